The van der Waals surface area contributed by atoms with E-state index >= 15 is 0 Å². The van der Waals surface area contributed by atoms with Gasteiger partial charge in [0.25, 0.3) is 0 Å². The van der Waals surface area contributed by atoms with Gasteiger partial charge in [-0.25, -0.2) is 0 Å². The molecule has 0 unspecified atom stereocenters. The smallest absolute Gasteiger partial charge is 0.303 e. The van der Waals surface area contributed by atoms with Gasteiger partial charge in [0.15, 0.2) is 18.5 Å². The molecule has 0 amide bonds. The normalized spacial score (nSPS) is 26.9. The minimum Gasteiger partial charge on any atom is -0.463 e. The molecule has 0 saturated carbocycles. The molecule has 1 aliphatic rings. The number of hydrogen-bond acceptors (Lipinski definition) is 9. The largest absolute Gasteiger partial charge is 0.463 e. The molecular formula is C19H24O9. The van der Waals surface area contributed by atoms with E-state index in [-0.39, 0.29) is 13.2 Å². The van der Waals surface area contributed by atoms with E-state index in [9.17, 15) is 19.5 Å². The maximum atomic E-state index is 11.6. The number of ether oxygens (including phenoxy) is 5. The minimum atomic E-state index is -1.56. The molecule has 9 nitrogen and oxygen atoms in total. The maximum Gasteiger partial charge on any atom is 0.303 e. The summed E-state index contributed by atoms with van der Waals surface area (Å²) >= 11 is 0. The van der Waals surface area contributed by atoms with Gasteiger partial charge in [0.1, 0.15) is 18.8 Å². The van der Waals surface area contributed by atoms with E-state index in [1.807, 2.05) is 30.3 Å². The van der Waals surface area contributed by atoms with Gasteiger partial charge in [-0.3, -0.25) is 14.4 Å². The molecule has 9 heteroatoms. The molecule has 0 radical (unpaired) electrons. The van der Waals surface area contributed by atoms with Crippen LogP contribution in [0.15, 0.2) is 30.3 Å². The van der Waals surface area contributed by atoms with Gasteiger partial charge in [-0.15, -0.1) is 0 Å². The van der Waals surface area contributed by atoms with Crippen molar-refractivity contribution in [3.8, 4) is 0 Å². The third-order valence-corrected chi connectivity index (χ3v) is 3.95. The number of carbonyl (C=O) groups is 3. The highest BCUT2D eigenvalue weighted by Gasteiger charge is 2.50. The van der Waals surface area contributed by atoms with Gasteiger partial charge >= 0.3 is 17.9 Å². The van der Waals surface area contributed by atoms with E-state index in [2.05, 4.69) is 0 Å². The summed E-state index contributed by atoms with van der Waals surface area (Å²) in [6.45, 7) is 3.41. The zero-order valence-electron chi connectivity index (χ0n) is 15.9. The zero-order valence-corrected chi connectivity index (χ0v) is 15.9. The molecule has 1 N–H and O–H groups in total. The highest BCUT2D eigenvalue weighted by atomic mass is 16.7. The third kappa shape index (κ3) is 6.29. The summed E-state index contributed by atoms with van der Waals surface area (Å²) in [6.07, 6.45) is -5.92. The second-order valence-electron chi connectivity index (χ2n) is 6.28. The summed E-state index contributed by atoms with van der Waals surface area (Å²) in [4.78, 5) is 34.2. The fourth-order valence-electron chi connectivity index (χ4n) is 2.84. The first-order valence-electron chi connectivity index (χ1n) is 8.74. The Morgan fingerprint density at radius 2 is 1.54 bits per heavy atom. The molecule has 0 spiro atoms. The van der Waals surface area contributed by atoms with E-state index < -0.39 is 48.6 Å². The zero-order chi connectivity index (χ0) is 20.7. The van der Waals surface area contributed by atoms with Gasteiger partial charge in [-0.1, -0.05) is 30.3 Å². The fraction of sp³-hybridized carbons (Fsp3) is 0.526. The number of benzene rings is 1. The Morgan fingerprint density at radius 1 is 0.929 bits per heavy atom. The van der Waals surface area contributed by atoms with Crippen molar-refractivity contribution in [2.75, 3.05) is 6.61 Å². The topological polar surface area (TPSA) is 118 Å². The molecule has 154 valence electrons. The molecule has 28 heavy (non-hydrogen) atoms. The van der Waals surface area contributed by atoms with Gasteiger partial charge in [0, 0.05) is 20.8 Å². The number of carbonyl (C=O) groups excluding carboxylic acids is 3. The Hall–Kier alpha value is -2.49. The van der Waals surface area contributed by atoms with Crippen molar-refractivity contribution in [3.63, 3.8) is 0 Å². The summed E-state index contributed by atoms with van der Waals surface area (Å²) in [5.41, 5.74) is 0.822. The number of aliphatic hydroxyl groups is 1. The van der Waals surface area contributed by atoms with E-state index in [0.717, 1.165) is 5.56 Å². The summed E-state index contributed by atoms with van der Waals surface area (Å²) in [7, 11) is 0. The van der Waals surface area contributed by atoms with Gasteiger partial charge < -0.3 is 28.8 Å². The van der Waals surface area contributed by atoms with Crippen LogP contribution in [0.4, 0.5) is 0 Å². The Bertz CT molecular complexity index is 675. The first kappa shape index (κ1) is 21.8. The average molecular weight is 396 g/mol. The first-order chi connectivity index (χ1) is 13.3. The number of esters is 3. The van der Waals surface area contributed by atoms with Crippen LogP contribution in [-0.2, 0) is 44.7 Å². The van der Waals surface area contributed by atoms with Crippen LogP contribution < -0.4 is 0 Å². The molecule has 1 heterocycles. The molecule has 1 saturated heterocycles. The molecule has 1 aromatic rings. The standard InChI is InChI=1S/C19H24O9/c1-11(20)24-10-15-16(26-12(2)21)17(18(19(23)28-15)27-13(3)22)25-9-14-7-5-4-6-8-14/h4-8,15-19,23H,9-10H2,1-3H3/t15-,16+,17-,18+,19+/m0/s1. The van der Waals surface area contributed by atoms with Gasteiger partial charge in [-0.05, 0) is 5.56 Å². The van der Waals surface area contributed by atoms with Crippen LogP contribution in [0.25, 0.3) is 0 Å². The SMILES string of the molecule is CC(=O)OC[C@@H]1O[C@@H](O)[C@H](OC(C)=O)[C@@H](OCc2ccccc2)[C@@H]1OC(C)=O. The van der Waals surface area contributed by atoms with Crippen LogP contribution in [-0.4, -0.2) is 60.3 Å². The Labute approximate surface area is 162 Å². The van der Waals surface area contributed by atoms with E-state index in [1.54, 1.807) is 0 Å². The molecule has 2 rings (SSSR count). The van der Waals surface area contributed by atoms with Crippen LogP contribution in [0.3, 0.4) is 0 Å². The second kappa shape index (κ2) is 10.2. The lowest BCUT2D eigenvalue weighted by atomic mass is 9.98. The van der Waals surface area contributed by atoms with Crippen LogP contribution >= 0.6 is 0 Å². The second-order valence-corrected chi connectivity index (χ2v) is 6.28. The molecule has 1 aliphatic heterocycles. The van der Waals surface area contributed by atoms with Crippen molar-refractivity contribution in [1.29, 1.82) is 0 Å². The fourth-order valence-corrected chi connectivity index (χ4v) is 2.84. The highest BCUT2D eigenvalue weighted by Crippen LogP contribution is 2.28. The summed E-state index contributed by atoms with van der Waals surface area (Å²) in [6, 6.07) is 9.16. The molecule has 0 aromatic heterocycles. The summed E-state index contributed by atoms with van der Waals surface area (Å²) in [5.74, 6) is -1.86. The van der Waals surface area contributed by atoms with Gasteiger partial charge in [0.2, 0.25) is 0 Å². The van der Waals surface area contributed by atoms with Crippen LogP contribution in [0.5, 0.6) is 0 Å². The monoisotopic (exact) mass is 396 g/mol. The number of hydrogen-bond donors (Lipinski definition) is 1. The quantitative estimate of drug-likeness (QED) is 0.525. The lowest BCUT2D eigenvalue weighted by Gasteiger charge is -2.43. The molecule has 5 atom stereocenters. The van der Waals surface area contributed by atoms with Crippen molar-refractivity contribution in [3.05, 3.63) is 35.9 Å². The van der Waals surface area contributed by atoms with E-state index in [0.29, 0.717) is 0 Å². The van der Waals surface area contributed by atoms with Crippen molar-refractivity contribution < 1.29 is 43.2 Å². The highest BCUT2D eigenvalue weighted by molar-refractivity contribution is 5.67. The summed E-state index contributed by atoms with van der Waals surface area (Å²) < 4.78 is 26.7. The minimum absolute atomic E-state index is 0.105. The number of rotatable bonds is 7. The molecule has 1 aromatic carbocycles. The predicted molar refractivity (Wildman–Crippen MR) is 93.6 cm³/mol. The van der Waals surface area contributed by atoms with Crippen LogP contribution in [0.2, 0.25) is 0 Å². The Kier molecular flexibility index (Phi) is 7.91. The molecular weight excluding hydrogens is 372 g/mol. The van der Waals surface area contributed by atoms with Crippen molar-refractivity contribution in [2.45, 2.75) is 58.1 Å². The van der Waals surface area contributed by atoms with Crippen LogP contribution in [0.1, 0.15) is 26.3 Å². The van der Waals surface area contributed by atoms with Crippen molar-refractivity contribution in [2.24, 2.45) is 0 Å². The third-order valence-electron chi connectivity index (χ3n) is 3.95. The van der Waals surface area contributed by atoms with E-state index in [4.69, 9.17) is 23.7 Å². The van der Waals surface area contributed by atoms with Crippen LogP contribution in [0, 0.1) is 0 Å². The molecule has 0 bridgehead atoms. The van der Waals surface area contributed by atoms with Gasteiger partial charge in [0.05, 0.1) is 6.61 Å². The molecule has 1 fully saturated rings. The maximum absolute atomic E-state index is 11.6. The van der Waals surface area contributed by atoms with Crippen molar-refractivity contribution in [1.82, 2.24) is 0 Å². The lowest BCUT2D eigenvalue weighted by molar-refractivity contribution is -0.302. The van der Waals surface area contributed by atoms with Crippen molar-refractivity contribution >= 4 is 17.9 Å². The van der Waals surface area contributed by atoms with E-state index in [1.165, 1.54) is 20.8 Å². The molecule has 0 aliphatic carbocycles. The Morgan fingerprint density at radius 3 is 2.11 bits per heavy atom. The average Bonchev–Trinajstić information content (AvgIpc) is 2.62. The number of aliphatic hydroxyl groups excluding tert-OH is 1. The Balaban J connectivity index is 2.26. The van der Waals surface area contributed by atoms with Gasteiger partial charge in [-0.2, -0.15) is 0 Å². The predicted octanol–water partition coefficient (Wildman–Crippen LogP) is 0.715. The lowest BCUT2D eigenvalue weighted by Crippen LogP contribution is -2.62. The first-order valence-corrected chi connectivity index (χ1v) is 8.74. The summed E-state index contributed by atoms with van der Waals surface area (Å²) in [5, 5.41) is 10.3.